The molecule has 0 bridgehead atoms. The number of hydrogen-bond acceptors (Lipinski definition) is 10. The lowest BCUT2D eigenvalue weighted by Gasteiger charge is -2.32. The maximum Gasteiger partial charge on any atom is 0.237 e. The monoisotopic (exact) mass is 503 g/mol. The van der Waals surface area contributed by atoms with Gasteiger partial charge in [-0.25, -0.2) is 15.0 Å². The standard InChI is InChI=1S/C27H33N7O3/c1-19-24(17-29-26-25(19)28-7-12-37-26)34-8-6-20-16-30-27(32-23(20)18-34)31-21-2-4-22(5-3-21)36-15-11-33-9-13-35-14-10-33/h2-5,16-17,28H,6-15,18H2,1H3,(H,30,31,32). The van der Waals surface area contributed by atoms with Gasteiger partial charge in [-0.05, 0) is 43.2 Å². The van der Waals surface area contributed by atoms with E-state index >= 15 is 0 Å². The molecule has 2 N–H and O–H groups in total. The number of anilines is 4. The lowest BCUT2D eigenvalue weighted by molar-refractivity contribution is 0.0322. The highest BCUT2D eigenvalue weighted by atomic mass is 16.5. The van der Waals surface area contributed by atoms with Crippen molar-refractivity contribution in [2.45, 2.75) is 19.9 Å². The second-order valence-corrected chi connectivity index (χ2v) is 9.51. The summed E-state index contributed by atoms with van der Waals surface area (Å²) in [6, 6.07) is 7.95. The van der Waals surface area contributed by atoms with Gasteiger partial charge in [-0.3, -0.25) is 4.90 Å². The van der Waals surface area contributed by atoms with Crippen LogP contribution >= 0.6 is 0 Å². The molecule has 37 heavy (non-hydrogen) atoms. The molecule has 0 atom stereocenters. The summed E-state index contributed by atoms with van der Waals surface area (Å²) in [6.07, 6.45) is 4.75. The van der Waals surface area contributed by atoms with Crippen LogP contribution in [0.25, 0.3) is 0 Å². The molecule has 0 saturated carbocycles. The van der Waals surface area contributed by atoms with E-state index in [9.17, 15) is 0 Å². The number of nitrogens with one attached hydrogen (secondary N) is 2. The average Bonchev–Trinajstić information content (AvgIpc) is 2.95. The maximum atomic E-state index is 5.92. The number of pyridine rings is 1. The molecule has 2 aromatic heterocycles. The second-order valence-electron chi connectivity index (χ2n) is 9.51. The number of hydrogen-bond donors (Lipinski definition) is 2. The molecule has 10 nitrogen and oxygen atoms in total. The first kappa shape index (κ1) is 23.7. The van der Waals surface area contributed by atoms with Gasteiger partial charge < -0.3 is 29.7 Å². The third-order valence-corrected chi connectivity index (χ3v) is 7.10. The molecule has 1 saturated heterocycles. The Kier molecular flexibility index (Phi) is 6.92. The van der Waals surface area contributed by atoms with E-state index in [0.717, 1.165) is 86.4 Å². The molecular weight excluding hydrogens is 470 g/mol. The van der Waals surface area contributed by atoms with Crippen LogP contribution in [-0.4, -0.2) is 79.0 Å². The van der Waals surface area contributed by atoms with Crippen LogP contribution in [-0.2, 0) is 17.7 Å². The molecular formula is C27H33N7O3. The Morgan fingerprint density at radius 3 is 2.78 bits per heavy atom. The summed E-state index contributed by atoms with van der Waals surface area (Å²) >= 11 is 0. The Hall–Kier alpha value is -3.63. The molecule has 3 aliphatic rings. The highest BCUT2D eigenvalue weighted by Gasteiger charge is 2.24. The van der Waals surface area contributed by atoms with Gasteiger partial charge in [-0.2, -0.15) is 0 Å². The van der Waals surface area contributed by atoms with Gasteiger partial charge in [0.15, 0.2) is 0 Å². The van der Waals surface area contributed by atoms with Gasteiger partial charge in [0.25, 0.3) is 0 Å². The van der Waals surface area contributed by atoms with E-state index in [4.69, 9.17) is 19.2 Å². The molecule has 0 unspecified atom stereocenters. The van der Waals surface area contributed by atoms with Crippen molar-refractivity contribution in [2.75, 3.05) is 74.7 Å². The summed E-state index contributed by atoms with van der Waals surface area (Å²) in [5, 5.41) is 6.77. The van der Waals surface area contributed by atoms with Crippen molar-refractivity contribution in [3.05, 3.63) is 53.5 Å². The van der Waals surface area contributed by atoms with Gasteiger partial charge in [-0.15, -0.1) is 0 Å². The Bertz CT molecular complexity index is 1230. The summed E-state index contributed by atoms with van der Waals surface area (Å²) in [7, 11) is 0. The predicted molar refractivity (Wildman–Crippen MR) is 142 cm³/mol. The predicted octanol–water partition coefficient (Wildman–Crippen LogP) is 3.00. The molecule has 0 spiro atoms. The fourth-order valence-electron chi connectivity index (χ4n) is 4.98. The zero-order valence-corrected chi connectivity index (χ0v) is 21.2. The number of benzene rings is 1. The maximum absolute atomic E-state index is 5.92. The summed E-state index contributed by atoms with van der Waals surface area (Å²) in [5.74, 6) is 2.14. The molecule has 5 heterocycles. The normalized spacial score (nSPS) is 17.3. The van der Waals surface area contributed by atoms with Crippen LogP contribution in [0.3, 0.4) is 0 Å². The van der Waals surface area contributed by atoms with Crippen LogP contribution in [0.4, 0.5) is 23.0 Å². The van der Waals surface area contributed by atoms with Gasteiger partial charge in [-0.1, -0.05) is 0 Å². The number of rotatable bonds is 7. The third kappa shape index (κ3) is 5.40. The molecule has 6 rings (SSSR count). The molecule has 0 radical (unpaired) electrons. The first-order valence-corrected chi connectivity index (χ1v) is 13.0. The quantitative estimate of drug-likeness (QED) is 0.501. The summed E-state index contributed by atoms with van der Waals surface area (Å²) < 4.78 is 17.0. The number of ether oxygens (including phenoxy) is 3. The Balaban J connectivity index is 1.08. The van der Waals surface area contributed by atoms with E-state index in [1.807, 2.05) is 36.7 Å². The topological polar surface area (TPSA) is 96.9 Å². The van der Waals surface area contributed by atoms with Crippen molar-refractivity contribution >= 4 is 23.0 Å². The van der Waals surface area contributed by atoms with Crippen molar-refractivity contribution in [1.29, 1.82) is 0 Å². The lowest BCUT2D eigenvalue weighted by atomic mass is 10.0. The van der Waals surface area contributed by atoms with Crippen LogP contribution in [0.15, 0.2) is 36.7 Å². The van der Waals surface area contributed by atoms with Gasteiger partial charge in [0.1, 0.15) is 24.7 Å². The van der Waals surface area contributed by atoms with Gasteiger partial charge in [0, 0.05) is 50.2 Å². The Labute approximate surface area is 217 Å². The molecule has 3 aromatic rings. The summed E-state index contributed by atoms with van der Waals surface area (Å²) in [4.78, 5) is 18.7. The van der Waals surface area contributed by atoms with Crippen molar-refractivity contribution in [2.24, 2.45) is 0 Å². The molecule has 0 amide bonds. The molecule has 3 aliphatic heterocycles. The summed E-state index contributed by atoms with van der Waals surface area (Å²) in [6.45, 7) is 10.3. The second kappa shape index (κ2) is 10.8. The van der Waals surface area contributed by atoms with E-state index in [1.165, 1.54) is 5.56 Å². The lowest BCUT2D eigenvalue weighted by Crippen LogP contribution is -2.38. The number of nitrogens with zero attached hydrogens (tertiary/aromatic N) is 5. The average molecular weight is 504 g/mol. The van der Waals surface area contributed by atoms with Crippen LogP contribution in [0.2, 0.25) is 0 Å². The SMILES string of the molecule is Cc1c(N2CCc3cnc(Nc4ccc(OCCN5CCOCC5)cc4)nc3C2)cnc2c1NCCO2. The van der Waals surface area contributed by atoms with E-state index < -0.39 is 0 Å². The first-order valence-electron chi connectivity index (χ1n) is 13.0. The highest BCUT2D eigenvalue weighted by molar-refractivity contribution is 5.70. The van der Waals surface area contributed by atoms with Crippen LogP contribution < -0.4 is 25.0 Å². The van der Waals surface area contributed by atoms with Crippen LogP contribution in [0.1, 0.15) is 16.8 Å². The van der Waals surface area contributed by atoms with Crippen molar-refractivity contribution < 1.29 is 14.2 Å². The molecule has 1 fully saturated rings. The van der Waals surface area contributed by atoms with Crippen LogP contribution in [0.5, 0.6) is 11.6 Å². The molecule has 10 heteroatoms. The number of fused-ring (bicyclic) bond motifs is 2. The minimum absolute atomic E-state index is 0.594. The van der Waals surface area contributed by atoms with Gasteiger partial charge >= 0.3 is 0 Å². The highest BCUT2D eigenvalue weighted by Crippen LogP contribution is 2.36. The molecule has 0 aliphatic carbocycles. The Morgan fingerprint density at radius 1 is 1.05 bits per heavy atom. The fraction of sp³-hybridized carbons (Fsp3) is 0.444. The van der Waals surface area contributed by atoms with E-state index in [0.29, 0.717) is 31.6 Å². The molecule has 1 aromatic carbocycles. The van der Waals surface area contributed by atoms with Crippen LogP contribution in [0, 0.1) is 6.92 Å². The van der Waals surface area contributed by atoms with Crippen molar-refractivity contribution in [3.8, 4) is 11.6 Å². The van der Waals surface area contributed by atoms with E-state index in [2.05, 4.69) is 37.3 Å². The number of morpholine rings is 1. The zero-order valence-electron chi connectivity index (χ0n) is 21.2. The summed E-state index contributed by atoms with van der Waals surface area (Å²) in [5.41, 5.74) is 6.42. The van der Waals surface area contributed by atoms with E-state index in [-0.39, 0.29) is 0 Å². The van der Waals surface area contributed by atoms with E-state index in [1.54, 1.807) is 0 Å². The number of aromatic nitrogens is 3. The molecule has 194 valence electrons. The first-order chi connectivity index (χ1) is 18.2. The third-order valence-electron chi connectivity index (χ3n) is 7.10. The zero-order chi connectivity index (χ0) is 25.0. The smallest absolute Gasteiger partial charge is 0.237 e. The fourth-order valence-corrected chi connectivity index (χ4v) is 4.98. The minimum Gasteiger partial charge on any atom is -0.492 e. The van der Waals surface area contributed by atoms with Crippen molar-refractivity contribution in [1.82, 2.24) is 19.9 Å². The van der Waals surface area contributed by atoms with Crippen molar-refractivity contribution in [3.63, 3.8) is 0 Å². The van der Waals surface area contributed by atoms with Gasteiger partial charge in [0.05, 0.1) is 37.3 Å². The van der Waals surface area contributed by atoms with Gasteiger partial charge in [0.2, 0.25) is 11.8 Å². The Morgan fingerprint density at radius 2 is 1.92 bits per heavy atom. The minimum atomic E-state index is 0.594. The largest absolute Gasteiger partial charge is 0.492 e.